The van der Waals surface area contributed by atoms with Crippen molar-refractivity contribution in [1.29, 1.82) is 5.26 Å². The average Bonchev–Trinajstić information content (AvgIpc) is 2.30. The van der Waals surface area contributed by atoms with Crippen LogP contribution in [-0.2, 0) is 0 Å². The third-order valence-corrected chi connectivity index (χ3v) is 2.36. The molecule has 0 bridgehead atoms. The highest BCUT2D eigenvalue weighted by molar-refractivity contribution is 9.10. The predicted octanol–water partition coefficient (Wildman–Crippen LogP) is 1.75. The summed E-state index contributed by atoms with van der Waals surface area (Å²) < 4.78 is 0.873. The van der Waals surface area contributed by atoms with Crippen LogP contribution in [0.2, 0.25) is 0 Å². The number of hydrogen-bond acceptors (Lipinski definition) is 5. The molecule has 0 unspecified atom stereocenters. The van der Waals surface area contributed by atoms with Crippen LogP contribution in [0.4, 0.5) is 5.82 Å². The third kappa shape index (κ3) is 1.99. The van der Waals surface area contributed by atoms with Gasteiger partial charge in [0, 0.05) is 10.7 Å². The summed E-state index contributed by atoms with van der Waals surface area (Å²) in [5, 5.41) is 8.68. The van der Waals surface area contributed by atoms with E-state index < -0.39 is 0 Å². The van der Waals surface area contributed by atoms with E-state index in [1.165, 1.54) is 6.20 Å². The zero-order valence-electron chi connectivity index (χ0n) is 8.05. The highest BCUT2D eigenvalue weighted by Crippen LogP contribution is 2.16. The Morgan fingerprint density at radius 3 is 2.62 bits per heavy atom. The van der Waals surface area contributed by atoms with Crippen molar-refractivity contribution >= 4 is 21.7 Å². The summed E-state index contributed by atoms with van der Waals surface area (Å²) in [7, 11) is 0. The van der Waals surface area contributed by atoms with Crippen molar-refractivity contribution in [2.75, 3.05) is 5.73 Å². The Hall–Kier alpha value is -2.00. The van der Waals surface area contributed by atoms with E-state index in [4.69, 9.17) is 11.0 Å². The number of nitriles is 1. The number of pyridine rings is 1. The maximum Gasteiger partial charge on any atom is 0.180 e. The maximum absolute atomic E-state index is 8.68. The maximum atomic E-state index is 8.68. The fourth-order valence-electron chi connectivity index (χ4n) is 1.11. The number of nitrogens with zero attached hydrogens (tertiary/aromatic N) is 4. The van der Waals surface area contributed by atoms with Gasteiger partial charge in [0.05, 0.1) is 6.20 Å². The van der Waals surface area contributed by atoms with Crippen LogP contribution in [0.5, 0.6) is 0 Å². The largest absolute Gasteiger partial charge is 0.382 e. The van der Waals surface area contributed by atoms with Crippen LogP contribution in [0.1, 0.15) is 5.56 Å². The van der Waals surface area contributed by atoms with Gasteiger partial charge in [-0.1, -0.05) is 0 Å². The van der Waals surface area contributed by atoms with Gasteiger partial charge in [-0.05, 0) is 28.1 Å². The molecule has 2 N–H and O–H groups in total. The number of nitrogens with two attached hydrogens (primary N) is 1. The molecule has 0 saturated carbocycles. The monoisotopic (exact) mass is 275 g/mol. The van der Waals surface area contributed by atoms with Gasteiger partial charge in [-0.2, -0.15) is 5.26 Å². The molecule has 0 fully saturated rings. The lowest BCUT2D eigenvalue weighted by Gasteiger charge is -2.01. The second-order valence-corrected chi connectivity index (χ2v) is 3.88. The lowest BCUT2D eigenvalue weighted by molar-refractivity contribution is 1.13. The normalized spacial score (nSPS) is 9.75. The van der Waals surface area contributed by atoms with Gasteiger partial charge < -0.3 is 5.73 Å². The van der Waals surface area contributed by atoms with Crippen molar-refractivity contribution in [2.45, 2.75) is 0 Å². The van der Waals surface area contributed by atoms with Crippen LogP contribution in [0.15, 0.2) is 29.0 Å². The summed E-state index contributed by atoms with van der Waals surface area (Å²) in [6, 6.07) is 5.51. The molecular weight excluding hydrogens is 270 g/mol. The molecule has 0 aromatic carbocycles. The quantitative estimate of drug-likeness (QED) is 0.857. The van der Waals surface area contributed by atoms with Crippen molar-refractivity contribution in [3.63, 3.8) is 0 Å². The molecule has 16 heavy (non-hydrogen) atoms. The van der Waals surface area contributed by atoms with Gasteiger partial charge in [-0.3, -0.25) is 4.98 Å². The smallest absolute Gasteiger partial charge is 0.180 e. The summed E-state index contributed by atoms with van der Waals surface area (Å²) in [6.45, 7) is 0. The lowest BCUT2D eigenvalue weighted by atomic mass is 10.3. The van der Waals surface area contributed by atoms with Crippen molar-refractivity contribution in [2.24, 2.45) is 0 Å². The van der Waals surface area contributed by atoms with E-state index in [0.29, 0.717) is 11.5 Å². The Morgan fingerprint density at radius 1 is 1.25 bits per heavy atom. The fourth-order valence-corrected chi connectivity index (χ4v) is 1.35. The molecule has 0 aliphatic rings. The van der Waals surface area contributed by atoms with Crippen molar-refractivity contribution < 1.29 is 0 Å². The first-order valence-corrected chi connectivity index (χ1v) is 5.14. The van der Waals surface area contributed by atoms with Crippen LogP contribution in [0.25, 0.3) is 11.5 Å². The minimum atomic E-state index is 0.164. The summed E-state index contributed by atoms with van der Waals surface area (Å²) >= 11 is 3.28. The molecule has 0 aliphatic carbocycles. The molecule has 2 aromatic heterocycles. The van der Waals surface area contributed by atoms with Crippen molar-refractivity contribution in [1.82, 2.24) is 15.0 Å². The second kappa shape index (κ2) is 4.24. The SMILES string of the molecule is N#Cc1cnc(-c2ccc(Br)cn2)nc1N. The molecular formula is C10H6BrN5. The Kier molecular flexibility index (Phi) is 2.79. The first-order chi connectivity index (χ1) is 7.70. The summed E-state index contributed by atoms with van der Waals surface area (Å²) in [5.74, 6) is 0.571. The number of rotatable bonds is 1. The highest BCUT2D eigenvalue weighted by Gasteiger charge is 2.06. The van der Waals surface area contributed by atoms with Crippen LogP contribution in [0.3, 0.4) is 0 Å². The fraction of sp³-hybridized carbons (Fsp3) is 0. The number of nitrogen functional groups attached to an aromatic ring is 1. The minimum Gasteiger partial charge on any atom is -0.382 e. The van der Waals surface area contributed by atoms with Gasteiger partial charge >= 0.3 is 0 Å². The molecule has 0 radical (unpaired) electrons. The number of halogens is 1. The van der Waals surface area contributed by atoms with E-state index in [0.717, 1.165) is 4.47 Å². The zero-order chi connectivity index (χ0) is 11.5. The molecule has 0 amide bonds. The van der Waals surface area contributed by atoms with Crippen LogP contribution < -0.4 is 5.73 Å². The second-order valence-electron chi connectivity index (χ2n) is 2.97. The lowest BCUT2D eigenvalue weighted by Crippen LogP contribution is -1.99. The van der Waals surface area contributed by atoms with Gasteiger partial charge in [0.25, 0.3) is 0 Å². The molecule has 0 spiro atoms. The van der Waals surface area contributed by atoms with Gasteiger partial charge in [0.15, 0.2) is 5.82 Å². The van der Waals surface area contributed by atoms with Crippen molar-refractivity contribution in [3.05, 3.63) is 34.6 Å². The Labute approximate surface area is 100 Å². The summed E-state index contributed by atoms with van der Waals surface area (Å²) in [5.41, 5.74) is 6.46. The van der Waals surface area contributed by atoms with Crippen LogP contribution in [-0.4, -0.2) is 15.0 Å². The average molecular weight is 276 g/mol. The van der Waals surface area contributed by atoms with E-state index in [1.54, 1.807) is 12.3 Å². The van der Waals surface area contributed by atoms with E-state index in [2.05, 4.69) is 30.9 Å². The molecule has 0 aliphatic heterocycles. The topological polar surface area (TPSA) is 88.5 Å². The molecule has 78 valence electrons. The molecule has 0 atom stereocenters. The molecule has 5 nitrogen and oxygen atoms in total. The summed E-state index contributed by atoms with van der Waals surface area (Å²) in [4.78, 5) is 12.2. The van der Waals surface area contributed by atoms with E-state index in [-0.39, 0.29) is 11.4 Å². The first kappa shape index (κ1) is 10.5. The number of anilines is 1. The van der Waals surface area contributed by atoms with Gasteiger partial charge in [-0.25, -0.2) is 9.97 Å². The standard InChI is InChI=1S/C10H6BrN5/c11-7-1-2-8(14-5-7)10-15-4-6(3-12)9(13)16-10/h1-2,4-5H,(H2,13,15,16). The molecule has 2 aromatic rings. The highest BCUT2D eigenvalue weighted by atomic mass is 79.9. The van der Waals surface area contributed by atoms with Gasteiger partial charge in [0.1, 0.15) is 23.1 Å². The Morgan fingerprint density at radius 2 is 2.06 bits per heavy atom. The molecule has 2 heterocycles. The van der Waals surface area contributed by atoms with Crippen LogP contribution in [0, 0.1) is 11.3 Å². The predicted molar refractivity (Wildman–Crippen MR) is 62.1 cm³/mol. The van der Waals surface area contributed by atoms with E-state index in [1.807, 2.05) is 12.1 Å². The van der Waals surface area contributed by atoms with E-state index in [9.17, 15) is 0 Å². The first-order valence-electron chi connectivity index (χ1n) is 4.35. The molecule has 2 rings (SSSR count). The third-order valence-electron chi connectivity index (χ3n) is 1.90. The Balaban J connectivity index is 2.46. The molecule has 6 heteroatoms. The van der Waals surface area contributed by atoms with E-state index >= 15 is 0 Å². The van der Waals surface area contributed by atoms with Gasteiger partial charge in [0.2, 0.25) is 0 Å². The number of hydrogen-bond donors (Lipinski definition) is 1. The Bertz CT molecular complexity index is 558. The van der Waals surface area contributed by atoms with Gasteiger partial charge in [-0.15, -0.1) is 0 Å². The summed E-state index contributed by atoms with van der Waals surface area (Å²) in [6.07, 6.45) is 3.04. The van der Waals surface area contributed by atoms with Crippen LogP contribution >= 0.6 is 15.9 Å². The zero-order valence-corrected chi connectivity index (χ0v) is 9.64. The number of aromatic nitrogens is 3. The minimum absolute atomic E-state index is 0.164. The molecule has 0 saturated heterocycles. The van der Waals surface area contributed by atoms with Crippen molar-refractivity contribution in [3.8, 4) is 17.6 Å².